The molecule has 17 heavy (non-hydrogen) atoms. The molecule has 0 amide bonds. The van der Waals surface area contributed by atoms with Crippen LogP contribution in [-0.4, -0.2) is 44.3 Å². The molecule has 0 saturated heterocycles. The highest BCUT2D eigenvalue weighted by atomic mass is 32.2. The molecule has 98 valence electrons. The molecule has 0 aromatic carbocycles. The van der Waals surface area contributed by atoms with Gasteiger partial charge in [0.1, 0.15) is 0 Å². The average molecular weight is 258 g/mol. The van der Waals surface area contributed by atoms with Crippen LogP contribution >= 0.6 is 11.8 Å². The molecular weight excluding hydrogens is 236 g/mol. The van der Waals surface area contributed by atoms with Gasteiger partial charge in [-0.25, -0.2) is 0 Å². The van der Waals surface area contributed by atoms with Crippen molar-refractivity contribution in [2.75, 3.05) is 18.1 Å². The Bertz CT molecular complexity index is 305. The van der Waals surface area contributed by atoms with Gasteiger partial charge in [-0.2, -0.15) is 11.8 Å². The standard InChI is InChI=1S/C11H22N4OS/c1-3-17-9-10(2)12-7-11-8-15(14-13-11)5-4-6-16/h8,10,12,16H,3-7,9H2,1-2H3. The van der Waals surface area contributed by atoms with E-state index < -0.39 is 0 Å². The molecule has 2 N–H and O–H groups in total. The van der Waals surface area contributed by atoms with E-state index in [0.717, 1.165) is 36.7 Å². The second-order valence-corrected chi connectivity index (χ2v) is 5.31. The first-order chi connectivity index (χ1) is 8.26. The van der Waals surface area contributed by atoms with Gasteiger partial charge in [-0.05, 0) is 19.1 Å². The van der Waals surface area contributed by atoms with Crippen molar-refractivity contribution in [1.82, 2.24) is 20.3 Å². The number of aryl methyl sites for hydroxylation is 1. The smallest absolute Gasteiger partial charge is 0.0964 e. The van der Waals surface area contributed by atoms with Crippen molar-refractivity contribution < 1.29 is 5.11 Å². The number of hydrogen-bond donors (Lipinski definition) is 2. The lowest BCUT2D eigenvalue weighted by Crippen LogP contribution is -2.27. The number of thioether (sulfide) groups is 1. The number of nitrogens with zero attached hydrogens (tertiary/aromatic N) is 3. The zero-order valence-electron chi connectivity index (χ0n) is 10.6. The molecular formula is C11H22N4OS. The molecule has 1 aromatic heterocycles. The van der Waals surface area contributed by atoms with Crippen molar-refractivity contribution in [3.63, 3.8) is 0 Å². The molecule has 1 heterocycles. The summed E-state index contributed by atoms with van der Waals surface area (Å²) in [5.41, 5.74) is 0.955. The summed E-state index contributed by atoms with van der Waals surface area (Å²) >= 11 is 1.94. The van der Waals surface area contributed by atoms with Crippen molar-refractivity contribution in [2.24, 2.45) is 0 Å². The van der Waals surface area contributed by atoms with Crippen LogP contribution in [0.2, 0.25) is 0 Å². The second kappa shape index (κ2) is 8.49. The molecule has 1 unspecified atom stereocenters. The predicted molar refractivity (Wildman–Crippen MR) is 71.0 cm³/mol. The molecule has 6 heteroatoms. The van der Waals surface area contributed by atoms with Gasteiger partial charge >= 0.3 is 0 Å². The van der Waals surface area contributed by atoms with Crippen LogP contribution in [0.5, 0.6) is 0 Å². The Kier molecular flexibility index (Phi) is 7.23. The summed E-state index contributed by atoms with van der Waals surface area (Å²) in [5.74, 6) is 2.28. The second-order valence-electron chi connectivity index (χ2n) is 3.99. The Balaban J connectivity index is 2.24. The van der Waals surface area contributed by atoms with E-state index in [1.165, 1.54) is 0 Å². The summed E-state index contributed by atoms with van der Waals surface area (Å²) in [6.45, 7) is 6.02. The highest BCUT2D eigenvalue weighted by Crippen LogP contribution is 2.02. The highest BCUT2D eigenvalue weighted by molar-refractivity contribution is 7.99. The summed E-state index contributed by atoms with van der Waals surface area (Å²) in [5, 5.41) is 20.2. The lowest BCUT2D eigenvalue weighted by Gasteiger charge is -2.11. The van der Waals surface area contributed by atoms with E-state index in [9.17, 15) is 0 Å². The third kappa shape index (κ3) is 6.05. The van der Waals surface area contributed by atoms with E-state index in [1.54, 1.807) is 4.68 Å². The van der Waals surface area contributed by atoms with Gasteiger partial charge in [0.15, 0.2) is 0 Å². The monoisotopic (exact) mass is 258 g/mol. The number of nitrogens with one attached hydrogen (secondary N) is 1. The Labute approximate surface area is 107 Å². The minimum Gasteiger partial charge on any atom is -0.396 e. The molecule has 0 aliphatic heterocycles. The number of hydrogen-bond acceptors (Lipinski definition) is 5. The zero-order valence-corrected chi connectivity index (χ0v) is 11.4. The highest BCUT2D eigenvalue weighted by Gasteiger charge is 2.04. The Morgan fingerprint density at radius 2 is 2.41 bits per heavy atom. The van der Waals surface area contributed by atoms with Gasteiger partial charge in [0.2, 0.25) is 0 Å². The molecule has 1 rings (SSSR count). The molecule has 0 aliphatic carbocycles. The quantitative estimate of drug-likeness (QED) is 0.689. The summed E-state index contributed by atoms with van der Waals surface area (Å²) in [6, 6.07) is 0.488. The van der Waals surface area contributed by atoms with Crippen molar-refractivity contribution in [2.45, 2.75) is 39.4 Å². The van der Waals surface area contributed by atoms with Crippen LogP contribution in [0.15, 0.2) is 6.20 Å². The van der Waals surface area contributed by atoms with E-state index in [1.807, 2.05) is 18.0 Å². The number of aromatic nitrogens is 3. The first-order valence-electron chi connectivity index (χ1n) is 6.07. The molecule has 0 radical (unpaired) electrons. The van der Waals surface area contributed by atoms with Crippen molar-refractivity contribution in [1.29, 1.82) is 0 Å². The third-order valence-electron chi connectivity index (χ3n) is 2.34. The van der Waals surface area contributed by atoms with Crippen molar-refractivity contribution in [3.8, 4) is 0 Å². The SMILES string of the molecule is CCSCC(C)NCc1cn(CCCO)nn1. The first-order valence-corrected chi connectivity index (χ1v) is 7.22. The van der Waals surface area contributed by atoms with E-state index in [-0.39, 0.29) is 6.61 Å². The van der Waals surface area contributed by atoms with Crippen LogP contribution in [0.1, 0.15) is 26.0 Å². The minimum absolute atomic E-state index is 0.193. The maximum atomic E-state index is 8.72. The average Bonchev–Trinajstić information content (AvgIpc) is 2.79. The molecule has 0 aliphatic rings. The fourth-order valence-electron chi connectivity index (χ4n) is 1.39. The minimum atomic E-state index is 0.193. The van der Waals surface area contributed by atoms with E-state index in [4.69, 9.17) is 5.11 Å². The van der Waals surface area contributed by atoms with E-state index in [2.05, 4.69) is 29.5 Å². The lowest BCUT2D eigenvalue weighted by atomic mass is 10.3. The number of aliphatic hydroxyl groups is 1. The molecule has 1 aromatic rings. The van der Waals surface area contributed by atoms with Gasteiger partial charge < -0.3 is 10.4 Å². The van der Waals surface area contributed by atoms with Crippen LogP contribution in [0.3, 0.4) is 0 Å². The molecule has 0 saturated carbocycles. The van der Waals surface area contributed by atoms with E-state index in [0.29, 0.717) is 6.04 Å². The fraction of sp³-hybridized carbons (Fsp3) is 0.818. The van der Waals surface area contributed by atoms with Gasteiger partial charge in [-0.3, -0.25) is 4.68 Å². The summed E-state index contributed by atoms with van der Waals surface area (Å²) in [4.78, 5) is 0. The Hall–Kier alpha value is -0.590. The summed E-state index contributed by atoms with van der Waals surface area (Å²) < 4.78 is 1.78. The van der Waals surface area contributed by atoms with Gasteiger partial charge in [0.25, 0.3) is 0 Å². The summed E-state index contributed by atoms with van der Waals surface area (Å²) in [7, 11) is 0. The molecule has 5 nitrogen and oxygen atoms in total. The fourth-order valence-corrected chi connectivity index (χ4v) is 2.10. The maximum Gasteiger partial charge on any atom is 0.0964 e. The van der Waals surface area contributed by atoms with Crippen molar-refractivity contribution >= 4 is 11.8 Å². The Morgan fingerprint density at radius 3 is 3.12 bits per heavy atom. The molecule has 0 bridgehead atoms. The van der Waals surface area contributed by atoms with Gasteiger partial charge in [0.05, 0.1) is 5.69 Å². The van der Waals surface area contributed by atoms with E-state index >= 15 is 0 Å². The van der Waals surface area contributed by atoms with Crippen LogP contribution in [-0.2, 0) is 13.1 Å². The van der Waals surface area contributed by atoms with Crippen molar-refractivity contribution in [3.05, 3.63) is 11.9 Å². The summed E-state index contributed by atoms with van der Waals surface area (Å²) in [6.07, 6.45) is 2.65. The van der Waals surface area contributed by atoms with Crippen LogP contribution in [0, 0.1) is 0 Å². The molecule has 0 fully saturated rings. The Morgan fingerprint density at radius 1 is 1.59 bits per heavy atom. The van der Waals surface area contributed by atoms with Crippen LogP contribution < -0.4 is 5.32 Å². The van der Waals surface area contributed by atoms with Gasteiger partial charge in [-0.15, -0.1) is 5.10 Å². The van der Waals surface area contributed by atoms with Crippen LogP contribution in [0.4, 0.5) is 0 Å². The maximum absolute atomic E-state index is 8.72. The topological polar surface area (TPSA) is 63.0 Å². The lowest BCUT2D eigenvalue weighted by molar-refractivity contribution is 0.276. The normalized spacial score (nSPS) is 12.9. The molecule has 0 spiro atoms. The largest absolute Gasteiger partial charge is 0.396 e. The predicted octanol–water partition coefficient (Wildman–Crippen LogP) is 0.892. The number of rotatable bonds is 9. The molecule has 1 atom stereocenters. The van der Waals surface area contributed by atoms with Crippen LogP contribution in [0.25, 0.3) is 0 Å². The first kappa shape index (κ1) is 14.5. The number of aliphatic hydroxyl groups excluding tert-OH is 1. The van der Waals surface area contributed by atoms with Gasteiger partial charge in [0, 0.05) is 37.7 Å². The third-order valence-corrected chi connectivity index (χ3v) is 3.48. The van der Waals surface area contributed by atoms with Gasteiger partial charge in [-0.1, -0.05) is 12.1 Å². The zero-order chi connectivity index (χ0) is 12.5.